The summed E-state index contributed by atoms with van der Waals surface area (Å²) < 4.78 is 19.8. The second kappa shape index (κ2) is 7.90. The van der Waals surface area contributed by atoms with Gasteiger partial charge in [-0.05, 0) is 38.0 Å². The fraction of sp³-hybridized carbons (Fsp3) is 0.529. The van der Waals surface area contributed by atoms with Crippen LogP contribution in [-0.2, 0) is 20.7 Å². The van der Waals surface area contributed by atoms with E-state index in [9.17, 15) is 9.59 Å². The molecule has 2 rings (SSSR count). The molecule has 0 aliphatic heterocycles. The summed E-state index contributed by atoms with van der Waals surface area (Å²) in [6.45, 7) is 7.50. The van der Waals surface area contributed by atoms with Crippen molar-refractivity contribution in [1.29, 1.82) is 0 Å². The highest BCUT2D eigenvalue weighted by Gasteiger charge is 2.23. The van der Waals surface area contributed by atoms with E-state index >= 15 is 0 Å². The predicted octanol–water partition coefficient (Wildman–Crippen LogP) is 3.71. The van der Waals surface area contributed by atoms with Gasteiger partial charge in [0, 0.05) is 25.9 Å². The van der Waals surface area contributed by atoms with Gasteiger partial charge in [0.05, 0.1) is 0 Å². The molecule has 0 spiro atoms. The molecular weight excluding hydrogens is 314 g/mol. The van der Waals surface area contributed by atoms with Gasteiger partial charge in [0.25, 0.3) is 0 Å². The average Bonchev–Trinajstić information content (AvgIpc) is 2.50. The first-order valence-electron chi connectivity index (χ1n) is 8.08. The molecule has 0 N–H and O–H groups in total. The number of likely N-dealkylation sites (N-methyl/N-ethyl adjacent to an activating group) is 1. The topological polar surface area (TPSA) is 82.1 Å². The number of hydrogen-bond donors (Lipinski definition) is 0. The molecule has 1 amide bonds. The fourth-order valence-corrected chi connectivity index (χ4v) is 2.44. The van der Waals surface area contributed by atoms with Crippen LogP contribution >= 0.6 is 0 Å². The van der Waals surface area contributed by atoms with Crippen LogP contribution in [0.2, 0.25) is 0 Å². The molecule has 2 atom stereocenters. The number of rotatable bonds is 7. The average molecular weight is 337 g/mol. The zero-order chi connectivity index (χ0) is 17.7. The molecule has 0 bridgehead atoms. The van der Waals surface area contributed by atoms with Crippen LogP contribution in [0.15, 0.2) is 27.4 Å². The number of fused-ring (bicyclic) bond motifs is 1. The molecule has 2 unspecified atom stereocenters. The minimum atomic E-state index is -0.909. The Morgan fingerprint density at radius 3 is 2.38 bits per heavy atom. The molecule has 24 heavy (non-hydrogen) atoms. The zero-order valence-electron chi connectivity index (χ0n) is 14.4. The molecule has 0 aliphatic carbocycles. The summed E-state index contributed by atoms with van der Waals surface area (Å²) >= 11 is 0. The van der Waals surface area contributed by atoms with Crippen LogP contribution in [0.4, 0.5) is 4.79 Å². The van der Waals surface area contributed by atoms with E-state index in [2.05, 4.69) is 0 Å². The Morgan fingerprint density at radius 2 is 1.83 bits per heavy atom. The third-order valence-corrected chi connectivity index (χ3v) is 3.72. The van der Waals surface area contributed by atoms with Gasteiger partial charge in [-0.1, -0.05) is 13.0 Å². The minimum absolute atomic E-state index is 0.0874. The lowest BCUT2D eigenvalue weighted by Gasteiger charge is -2.28. The number of benzene rings is 1. The van der Waals surface area contributed by atoms with Crippen LogP contribution in [-0.4, -0.2) is 35.8 Å². The smallest absolute Gasteiger partial charge is 0.413 e. The quantitative estimate of drug-likeness (QED) is 0.435. The molecule has 7 heteroatoms. The normalized spacial score (nSPS) is 13.5. The molecule has 1 heterocycles. The monoisotopic (exact) mass is 337 g/mol. The molecule has 132 valence electrons. The van der Waals surface area contributed by atoms with Crippen molar-refractivity contribution in [2.24, 2.45) is 0 Å². The minimum Gasteiger partial charge on any atom is -0.425 e. The molecule has 7 nitrogen and oxygen atoms in total. The first kappa shape index (κ1) is 17.9. The molecular formula is C17H23NO6. The predicted molar refractivity (Wildman–Crippen MR) is 86.4 cm³/mol. The van der Waals surface area contributed by atoms with Gasteiger partial charge in [-0.25, -0.2) is 4.79 Å². The van der Waals surface area contributed by atoms with Gasteiger partial charge in [0.2, 0.25) is 17.5 Å². The van der Waals surface area contributed by atoms with E-state index in [4.69, 9.17) is 18.6 Å². The third kappa shape index (κ3) is 4.31. The van der Waals surface area contributed by atoms with E-state index in [1.165, 1.54) is 6.92 Å². The Morgan fingerprint density at radius 1 is 1.12 bits per heavy atom. The summed E-state index contributed by atoms with van der Waals surface area (Å²) in [5, 5.41) is 0. The van der Waals surface area contributed by atoms with Crippen LogP contribution < -0.4 is 0 Å². The van der Waals surface area contributed by atoms with E-state index in [1.807, 2.05) is 32.0 Å². The van der Waals surface area contributed by atoms with Crippen LogP contribution in [0.5, 0.6) is 0 Å². The van der Waals surface area contributed by atoms with Gasteiger partial charge in [-0.15, -0.1) is 0 Å². The third-order valence-electron chi connectivity index (χ3n) is 3.72. The number of carbonyl (C=O) groups is 2. The Bertz CT molecular complexity index is 688. The van der Waals surface area contributed by atoms with Crippen molar-refractivity contribution in [2.75, 3.05) is 6.54 Å². The van der Waals surface area contributed by atoms with Crippen molar-refractivity contribution in [3.63, 3.8) is 0 Å². The van der Waals surface area contributed by atoms with Crippen LogP contribution in [0.25, 0.3) is 11.2 Å². The van der Waals surface area contributed by atoms with Crippen molar-refractivity contribution in [3.05, 3.63) is 23.8 Å². The molecule has 0 saturated heterocycles. The van der Waals surface area contributed by atoms with Gasteiger partial charge in [0.1, 0.15) is 0 Å². The Kier molecular flexibility index (Phi) is 5.89. The number of nitrogens with zero attached hydrogens (tertiary/aromatic N) is 1. The highest BCUT2D eigenvalue weighted by atomic mass is 17.0. The summed E-state index contributed by atoms with van der Waals surface area (Å²) in [5.41, 5.74) is 2.44. The number of ether oxygens (including phenoxy) is 2. The lowest BCUT2D eigenvalue weighted by Crippen LogP contribution is -2.41. The van der Waals surface area contributed by atoms with Gasteiger partial charge >= 0.3 is 12.1 Å². The van der Waals surface area contributed by atoms with Gasteiger partial charge in [-0.2, -0.15) is 0 Å². The van der Waals surface area contributed by atoms with Crippen molar-refractivity contribution >= 4 is 23.2 Å². The van der Waals surface area contributed by atoms with Crippen molar-refractivity contribution in [2.45, 2.75) is 52.9 Å². The lowest BCUT2D eigenvalue weighted by molar-refractivity contribution is -0.165. The molecule has 0 saturated carbocycles. The molecule has 0 fully saturated rings. The van der Waals surface area contributed by atoms with Gasteiger partial charge in [-0.3, -0.25) is 13.9 Å². The highest BCUT2D eigenvalue weighted by molar-refractivity contribution is 5.72. The maximum absolute atomic E-state index is 12.3. The molecule has 0 radical (unpaired) electrons. The van der Waals surface area contributed by atoms with Crippen molar-refractivity contribution < 1.29 is 28.2 Å². The number of amides is 1. The lowest BCUT2D eigenvalue weighted by atomic mass is 10.1. The maximum Gasteiger partial charge on any atom is 0.413 e. The summed E-state index contributed by atoms with van der Waals surface area (Å²) in [4.78, 5) is 25.1. The van der Waals surface area contributed by atoms with Crippen LogP contribution in [0.1, 0.15) is 39.7 Å². The van der Waals surface area contributed by atoms with E-state index in [0.717, 1.165) is 5.56 Å². The number of carbonyl (C=O) groups excluding carboxylic acids is 2. The molecule has 2 aromatic rings. The Balaban J connectivity index is 1.93. The largest absolute Gasteiger partial charge is 0.425 e. The van der Waals surface area contributed by atoms with Gasteiger partial charge in [0.15, 0.2) is 0 Å². The SMILES string of the molecule is CCC(=O)OC(C)OC(=O)N(CC)C(C)Cc1ccc2ooc2c1. The standard InChI is InChI=1S/C17H23NO6/c1-5-16(19)21-12(4)22-17(20)18(6-2)11(3)9-13-7-8-14-15(10-13)24-23-14/h7-8,10-12H,5-6,9H2,1-4H3. The van der Waals surface area contributed by atoms with E-state index < -0.39 is 18.4 Å². The van der Waals surface area contributed by atoms with Crippen molar-refractivity contribution in [1.82, 2.24) is 4.90 Å². The zero-order valence-corrected chi connectivity index (χ0v) is 14.4. The maximum atomic E-state index is 12.3. The summed E-state index contributed by atoms with van der Waals surface area (Å²) in [6.07, 6.45) is -0.541. The summed E-state index contributed by atoms with van der Waals surface area (Å²) in [7, 11) is 0. The second-order valence-corrected chi connectivity index (χ2v) is 5.58. The van der Waals surface area contributed by atoms with Gasteiger partial charge < -0.3 is 14.4 Å². The number of esters is 1. The Labute approximate surface area is 140 Å². The molecule has 1 aromatic carbocycles. The first-order chi connectivity index (χ1) is 11.4. The van der Waals surface area contributed by atoms with Crippen LogP contribution in [0.3, 0.4) is 0 Å². The molecule has 0 aliphatic rings. The highest BCUT2D eigenvalue weighted by Crippen LogP contribution is 2.21. The fourth-order valence-electron chi connectivity index (χ4n) is 2.44. The van der Waals surface area contributed by atoms with Crippen molar-refractivity contribution in [3.8, 4) is 0 Å². The Hall–Kier alpha value is -2.44. The van der Waals surface area contributed by atoms with E-state index in [-0.39, 0.29) is 12.5 Å². The first-order valence-corrected chi connectivity index (χ1v) is 8.08. The van der Waals surface area contributed by atoms with E-state index in [1.54, 1.807) is 11.8 Å². The number of hydrogen-bond acceptors (Lipinski definition) is 6. The van der Waals surface area contributed by atoms with Crippen LogP contribution in [0, 0.1) is 0 Å². The second-order valence-electron chi connectivity index (χ2n) is 5.58. The summed E-state index contributed by atoms with van der Waals surface area (Å²) in [5.74, 6) is -0.407. The van der Waals surface area contributed by atoms with E-state index in [0.29, 0.717) is 24.1 Å². The molecule has 1 aromatic heterocycles. The summed E-state index contributed by atoms with van der Waals surface area (Å²) in [6, 6.07) is 5.57.